The fourth-order valence-electron chi connectivity index (χ4n) is 1.80. The van der Waals surface area contributed by atoms with Crippen LogP contribution in [0.4, 0.5) is 8.78 Å². The molecule has 122 valence electrons. The van der Waals surface area contributed by atoms with Crippen LogP contribution in [-0.4, -0.2) is 27.4 Å². The van der Waals surface area contributed by atoms with Crippen LogP contribution in [0.5, 0.6) is 0 Å². The predicted molar refractivity (Wildman–Crippen MR) is 81.6 cm³/mol. The Hall–Kier alpha value is -0.760. The highest BCUT2D eigenvalue weighted by Gasteiger charge is 2.29. The van der Waals surface area contributed by atoms with Gasteiger partial charge in [-0.1, -0.05) is 19.9 Å². The lowest BCUT2D eigenvalue weighted by molar-refractivity contribution is 0.0170. The van der Waals surface area contributed by atoms with Crippen LogP contribution in [0, 0.1) is 0 Å². The van der Waals surface area contributed by atoms with E-state index in [0.29, 0.717) is 6.42 Å². The first kappa shape index (κ1) is 20.2. The lowest BCUT2D eigenvalue weighted by Gasteiger charge is -2.15. The van der Waals surface area contributed by atoms with Crippen LogP contribution in [-0.2, 0) is 22.9 Å². The molecule has 0 fully saturated rings. The largest absolute Gasteiger partial charge is 0.325 e. The Balaban J connectivity index is 0.00000400. The molecule has 0 heterocycles. The SMILES string of the molecule is CCc1ccc(S(=O)(=O)NCC(F)(F)CN)cc1CC.Cl. The molecule has 1 aromatic rings. The van der Waals surface area contributed by atoms with Gasteiger partial charge in [-0.05, 0) is 36.1 Å². The Labute approximate surface area is 130 Å². The van der Waals surface area contributed by atoms with Gasteiger partial charge < -0.3 is 5.73 Å². The summed E-state index contributed by atoms with van der Waals surface area (Å²) in [5, 5.41) is 0. The number of sulfonamides is 1. The molecule has 0 aromatic heterocycles. The van der Waals surface area contributed by atoms with Crippen molar-refractivity contribution in [3.05, 3.63) is 29.3 Å². The molecule has 0 radical (unpaired) electrons. The molecule has 0 saturated heterocycles. The van der Waals surface area contributed by atoms with Crippen molar-refractivity contribution < 1.29 is 17.2 Å². The Bertz CT molecular complexity index is 565. The minimum Gasteiger partial charge on any atom is -0.325 e. The van der Waals surface area contributed by atoms with Crippen LogP contribution in [0.15, 0.2) is 23.1 Å². The lowest BCUT2D eigenvalue weighted by Crippen LogP contribution is -2.41. The molecule has 0 amide bonds. The molecular weight excluding hydrogens is 322 g/mol. The Morgan fingerprint density at radius 3 is 2.24 bits per heavy atom. The monoisotopic (exact) mass is 342 g/mol. The molecular formula is C13H21ClF2N2O2S. The second-order valence-corrected chi connectivity index (χ2v) is 6.29. The molecule has 0 unspecified atom stereocenters. The number of nitrogens with one attached hydrogen (secondary N) is 1. The van der Waals surface area contributed by atoms with E-state index in [1.54, 1.807) is 6.07 Å². The molecule has 0 bridgehead atoms. The molecule has 21 heavy (non-hydrogen) atoms. The van der Waals surface area contributed by atoms with Gasteiger partial charge in [0.1, 0.15) is 0 Å². The molecule has 0 aliphatic heterocycles. The summed E-state index contributed by atoms with van der Waals surface area (Å²) in [7, 11) is -3.95. The summed E-state index contributed by atoms with van der Waals surface area (Å²) >= 11 is 0. The van der Waals surface area contributed by atoms with Gasteiger partial charge in [-0.2, -0.15) is 0 Å². The number of hydrogen-bond donors (Lipinski definition) is 2. The average molecular weight is 343 g/mol. The second-order valence-electron chi connectivity index (χ2n) is 4.52. The Kier molecular flexibility index (Phi) is 7.74. The molecule has 0 atom stereocenters. The summed E-state index contributed by atoms with van der Waals surface area (Å²) in [6, 6.07) is 4.68. The van der Waals surface area contributed by atoms with E-state index >= 15 is 0 Å². The molecule has 0 aliphatic rings. The first-order valence-electron chi connectivity index (χ1n) is 6.45. The fraction of sp³-hybridized carbons (Fsp3) is 0.538. The van der Waals surface area contributed by atoms with E-state index in [1.807, 2.05) is 18.6 Å². The van der Waals surface area contributed by atoms with Crippen LogP contribution >= 0.6 is 12.4 Å². The number of rotatable bonds is 7. The summed E-state index contributed by atoms with van der Waals surface area (Å²) in [4.78, 5) is -0.000582. The zero-order chi connectivity index (χ0) is 15.4. The number of aryl methyl sites for hydroxylation is 2. The second kappa shape index (κ2) is 8.03. The van der Waals surface area contributed by atoms with Crippen molar-refractivity contribution in [1.29, 1.82) is 0 Å². The molecule has 0 saturated carbocycles. The summed E-state index contributed by atoms with van der Waals surface area (Å²) < 4.78 is 51.9. The molecule has 1 aromatic carbocycles. The van der Waals surface area contributed by atoms with Gasteiger partial charge in [0.2, 0.25) is 10.0 Å². The third kappa shape index (κ3) is 5.50. The smallest absolute Gasteiger partial charge is 0.273 e. The van der Waals surface area contributed by atoms with E-state index in [0.717, 1.165) is 17.5 Å². The van der Waals surface area contributed by atoms with Crippen LogP contribution in [0.2, 0.25) is 0 Å². The Morgan fingerprint density at radius 2 is 1.76 bits per heavy atom. The highest BCUT2D eigenvalue weighted by Crippen LogP contribution is 2.18. The highest BCUT2D eigenvalue weighted by atomic mass is 35.5. The maximum absolute atomic E-state index is 13.0. The molecule has 3 N–H and O–H groups in total. The molecule has 0 aliphatic carbocycles. The average Bonchev–Trinajstić information content (AvgIpc) is 2.44. The standard InChI is InChI=1S/C13H20F2N2O2S.ClH/c1-3-10-5-6-12(7-11(10)4-2)20(18,19)17-9-13(14,15)8-16;/h5-7,17H,3-4,8-9,16H2,1-2H3;1H. The minimum atomic E-state index is -3.95. The maximum atomic E-state index is 13.0. The molecule has 8 heteroatoms. The van der Waals surface area contributed by atoms with Gasteiger partial charge in [0.25, 0.3) is 5.92 Å². The van der Waals surface area contributed by atoms with Crippen molar-refractivity contribution in [2.45, 2.75) is 37.5 Å². The third-order valence-electron chi connectivity index (χ3n) is 3.07. The van der Waals surface area contributed by atoms with Crippen LogP contribution in [0.3, 0.4) is 0 Å². The van der Waals surface area contributed by atoms with Gasteiger partial charge in [0, 0.05) is 0 Å². The topological polar surface area (TPSA) is 72.2 Å². The Morgan fingerprint density at radius 1 is 1.19 bits per heavy atom. The van der Waals surface area contributed by atoms with Crippen molar-refractivity contribution in [3.63, 3.8) is 0 Å². The third-order valence-corrected chi connectivity index (χ3v) is 4.47. The zero-order valence-corrected chi connectivity index (χ0v) is 13.7. The van der Waals surface area contributed by atoms with Crippen molar-refractivity contribution in [2.24, 2.45) is 5.73 Å². The van der Waals surface area contributed by atoms with Crippen molar-refractivity contribution >= 4 is 22.4 Å². The van der Waals surface area contributed by atoms with Crippen molar-refractivity contribution in [3.8, 4) is 0 Å². The van der Waals surface area contributed by atoms with Gasteiger partial charge in [-0.15, -0.1) is 12.4 Å². The quantitative estimate of drug-likeness (QED) is 0.797. The van der Waals surface area contributed by atoms with E-state index in [2.05, 4.69) is 0 Å². The van der Waals surface area contributed by atoms with Gasteiger partial charge in [-0.25, -0.2) is 21.9 Å². The van der Waals surface area contributed by atoms with Crippen LogP contribution < -0.4 is 10.5 Å². The van der Waals surface area contributed by atoms with E-state index in [4.69, 9.17) is 5.73 Å². The van der Waals surface area contributed by atoms with Gasteiger partial charge in [-0.3, -0.25) is 0 Å². The summed E-state index contributed by atoms with van der Waals surface area (Å²) in [6.45, 7) is 2.00. The summed E-state index contributed by atoms with van der Waals surface area (Å²) in [5.41, 5.74) is 6.83. The summed E-state index contributed by atoms with van der Waals surface area (Å²) in [6.07, 6.45) is 1.48. The number of alkyl halides is 2. The predicted octanol–water partition coefficient (Wildman–Crippen LogP) is 2.11. The van der Waals surface area contributed by atoms with E-state index < -0.39 is 29.0 Å². The lowest BCUT2D eigenvalue weighted by atomic mass is 10.0. The first-order valence-corrected chi connectivity index (χ1v) is 7.93. The number of nitrogens with two attached hydrogens (primary N) is 1. The molecule has 1 rings (SSSR count). The van der Waals surface area contributed by atoms with E-state index in [-0.39, 0.29) is 17.3 Å². The maximum Gasteiger partial charge on any atom is 0.273 e. The van der Waals surface area contributed by atoms with Gasteiger partial charge in [0.15, 0.2) is 0 Å². The van der Waals surface area contributed by atoms with E-state index in [9.17, 15) is 17.2 Å². The number of benzene rings is 1. The first-order chi connectivity index (χ1) is 9.25. The normalized spacial score (nSPS) is 12.0. The summed E-state index contributed by atoms with van der Waals surface area (Å²) in [5.74, 6) is -3.25. The van der Waals surface area contributed by atoms with Crippen molar-refractivity contribution in [2.75, 3.05) is 13.1 Å². The van der Waals surface area contributed by atoms with Gasteiger partial charge >= 0.3 is 0 Å². The number of halogens is 3. The highest BCUT2D eigenvalue weighted by molar-refractivity contribution is 7.89. The van der Waals surface area contributed by atoms with Gasteiger partial charge in [0.05, 0.1) is 18.0 Å². The molecule has 0 spiro atoms. The van der Waals surface area contributed by atoms with Crippen LogP contribution in [0.1, 0.15) is 25.0 Å². The minimum absolute atomic E-state index is 0. The molecule has 4 nitrogen and oxygen atoms in total. The van der Waals surface area contributed by atoms with E-state index in [1.165, 1.54) is 12.1 Å². The fourth-order valence-corrected chi connectivity index (χ4v) is 2.91. The van der Waals surface area contributed by atoms with Crippen molar-refractivity contribution in [1.82, 2.24) is 4.72 Å². The zero-order valence-electron chi connectivity index (χ0n) is 12.0. The number of hydrogen-bond acceptors (Lipinski definition) is 3. The van der Waals surface area contributed by atoms with Crippen LogP contribution in [0.25, 0.3) is 0 Å².